The molecule has 0 saturated heterocycles. The number of alkyl carbamates (subject to hydrolysis) is 1. The molecule has 0 spiro atoms. The quantitative estimate of drug-likeness (QED) is 0.673. The molecule has 33 heavy (non-hydrogen) atoms. The molecule has 2 aromatic rings. The molecule has 0 unspecified atom stereocenters. The predicted octanol–water partition coefficient (Wildman–Crippen LogP) is 4.15. The fraction of sp³-hybridized carbons (Fsp3) is 0.625. The van der Waals surface area contributed by atoms with Crippen molar-refractivity contribution in [3.05, 3.63) is 38.8 Å². The lowest BCUT2D eigenvalue weighted by Crippen LogP contribution is -2.43. The van der Waals surface area contributed by atoms with Gasteiger partial charge in [0, 0.05) is 25.2 Å². The monoisotopic (exact) mass is 462 g/mol. The average molecular weight is 463 g/mol. The molecule has 0 atom stereocenters. The van der Waals surface area contributed by atoms with Crippen molar-refractivity contribution in [3.8, 4) is 0 Å². The summed E-state index contributed by atoms with van der Waals surface area (Å²) in [6, 6.07) is 2.72. The molecule has 1 amide bonds. The van der Waals surface area contributed by atoms with Crippen LogP contribution in [0.5, 0.6) is 0 Å². The first-order chi connectivity index (χ1) is 15.5. The van der Waals surface area contributed by atoms with Gasteiger partial charge in [0.05, 0.1) is 16.6 Å². The Morgan fingerprint density at radius 2 is 1.85 bits per heavy atom. The summed E-state index contributed by atoms with van der Waals surface area (Å²) in [4.78, 5) is 38.2. The van der Waals surface area contributed by atoms with E-state index in [1.165, 1.54) is 17.1 Å². The van der Waals surface area contributed by atoms with Gasteiger partial charge >= 0.3 is 11.8 Å². The Kier molecular flexibility index (Phi) is 7.49. The third-order valence-corrected chi connectivity index (χ3v) is 5.74. The summed E-state index contributed by atoms with van der Waals surface area (Å²) in [6.07, 6.45) is 4.71. The molecular formula is C24H35FN4O4. The van der Waals surface area contributed by atoms with Gasteiger partial charge in [-0.3, -0.25) is 13.9 Å². The van der Waals surface area contributed by atoms with E-state index in [0.717, 1.165) is 30.3 Å². The second-order valence-electron chi connectivity index (χ2n) is 9.96. The van der Waals surface area contributed by atoms with Gasteiger partial charge < -0.3 is 15.4 Å². The number of nitrogens with one attached hydrogen (secondary N) is 2. The SMILES string of the molecule is CC(C)n1c(=O)n(CCNC(=O)OC(C)(C)C)c(=O)c2cc(F)c(NC3CCCCC3)cc21. The van der Waals surface area contributed by atoms with Gasteiger partial charge in [-0.1, -0.05) is 19.3 Å². The molecular weight excluding hydrogens is 427 g/mol. The topological polar surface area (TPSA) is 94.4 Å². The third-order valence-electron chi connectivity index (χ3n) is 5.74. The first kappa shape index (κ1) is 24.8. The van der Waals surface area contributed by atoms with E-state index in [1.54, 1.807) is 26.8 Å². The molecule has 9 heteroatoms. The van der Waals surface area contributed by atoms with Gasteiger partial charge in [-0.05, 0) is 59.6 Å². The molecule has 0 radical (unpaired) electrons. The summed E-state index contributed by atoms with van der Waals surface area (Å²) in [6.45, 7) is 8.88. The standard InChI is InChI=1S/C24H35FN4O4/c1-15(2)29-20-14-19(27-16-9-7-6-8-10-16)18(25)13-17(20)21(30)28(23(29)32)12-11-26-22(31)33-24(3,4)5/h13-16,27H,6-12H2,1-5H3,(H,26,31). The van der Waals surface area contributed by atoms with Gasteiger partial charge in [0.15, 0.2) is 0 Å². The van der Waals surface area contributed by atoms with Crippen LogP contribution in [0.25, 0.3) is 10.9 Å². The van der Waals surface area contributed by atoms with E-state index in [0.29, 0.717) is 11.2 Å². The highest BCUT2D eigenvalue weighted by atomic mass is 19.1. The van der Waals surface area contributed by atoms with Gasteiger partial charge in [0.2, 0.25) is 0 Å². The lowest BCUT2D eigenvalue weighted by molar-refractivity contribution is 0.0525. The average Bonchev–Trinajstić information content (AvgIpc) is 2.71. The second kappa shape index (κ2) is 9.97. The van der Waals surface area contributed by atoms with E-state index >= 15 is 0 Å². The van der Waals surface area contributed by atoms with Crippen LogP contribution in [-0.4, -0.2) is 33.4 Å². The Morgan fingerprint density at radius 3 is 2.45 bits per heavy atom. The highest BCUT2D eigenvalue weighted by Gasteiger charge is 2.21. The molecule has 1 aromatic heterocycles. The molecule has 0 aliphatic heterocycles. The van der Waals surface area contributed by atoms with Crippen LogP contribution in [0.2, 0.25) is 0 Å². The summed E-state index contributed by atoms with van der Waals surface area (Å²) in [7, 11) is 0. The highest BCUT2D eigenvalue weighted by Crippen LogP contribution is 2.26. The Labute approximate surface area is 193 Å². The lowest BCUT2D eigenvalue weighted by atomic mass is 9.95. The molecule has 1 saturated carbocycles. The zero-order chi connectivity index (χ0) is 24.3. The molecule has 1 fully saturated rings. The number of nitrogens with zero attached hydrogens (tertiary/aromatic N) is 2. The van der Waals surface area contributed by atoms with Crippen LogP contribution in [0.1, 0.15) is 72.8 Å². The molecule has 1 aliphatic carbocycles. The Morgan fingerprint density at radius 1 is 1.18 bits per heavy atom. The Bertz CT molecular complexity index is 1120. The molecule has 1 aliphatic rings. The number of hydrogen-bond donors (Lipinski definition) is 2. The number of benzene rings is 1. The van der Waals surface area contributed by atoms with Crippen LogP contribution in [0.3, 0.4) is 0 Å². The van der Waals surface area contributed by atoms with Gasteiger partial charge in [-0.25, -0.2) is 14.0 Å². The van der Waals surface area contributed by atoms with Crippen LogP contribution < -0.4 is 21.9 Å². The van der Waals surface area contributed by atoms with Crippen molar-refractivity contribution in [2.45, 2.75) is 91.0 Å². The van der Waals surface area contributed by atoms with Crippen LogP contribution in [-0.2, 0) is 11.3 Å². The number of amides is 1. The fourth-order valence-corrected chi connectivity index (χ4v) is 4.26. The first-order valence-corrected chi connectivity index (χ1v) is 11.7. The van der Waals surface area contributed by atoms with Crippen molar-refractivity contribution in [2.24, 2.45) is 0 Å². The van der Waals surface area contributed by atoms with E-state index in [1.807, 2.05) is 13.8 Å². The summed E-state index contributed by atoms with van der Waals surface area (Å²) in [5, 5.41) is 5.95. The van der Waals surface area contributed by atoms with Crippen molar-refractivity contribution in [2.75, 3.05) is 11.9 Å². The first-order valence-electron chi connectivity index (χ1n) is 11.7. The molecule has 8 nitrogen and oxygen atoms in total. The van der Waals surface area contributed by atoms with Crippen LogP contribution in [0, 0.1) is 5.82 Å². The number of aromatic nitrogens is 2. The van der Waals surface area contributed by atoms with Crippen molar-refractivity contribution in [3.63, 3.8) is 0 Å². The van der Waals surface area contributed by atoms with Crippen molar-refractivity contribution in [1.29, 1.82) is 0 Å². The smallest absolute Gasteiger partial charge is 0.407 e. The second-order valence-corrected chi connectivity index (χ2v) is 9.96. The molecule has 1 aromatic carbocycles. The third kappa shape index (κ3) is 5.94. The predicted molar refractivity (Wildman–Crippen MR) is 128 cm³/mol. The summed E-state index contributed by atoms with van der Waals surface area (Å²) < 4.78 is 22.7. The maximum absolute atomic E-state index is 15.0. The van der Waals surface area contributed by atoms with E-state index in [4.69, 9.17) is 4.74 Å². The van der Waals surface area contributed by atoms with Crippen molar-refractivity contribution in [1.82, 2.24) is 14.5 Å². The highest BCUT2D eigenvalue weighted by molar-refractivity contribution is 5.82. The summed E-state index contributed by atoms with van der Waals surface area (Å²) in [5.74, 6) is -0.516. The van der Waals surface area contributed by atoms with E-state index in [2.05, 4.69) is 10.6 Å². The minimum atomic E-state index is -0.658. The van der Waals surface area contributed by atoms with Gasteiger partial charge in [-0.15, -0.1) is 0 Å². The number of carbonyl (C=O) groups excluding carboxylic acids is 1. The number of ether oxygens (including phenoxy) is 1. The van der Waals surface area contributed by atoms with Crippen molar-refractivity contribution >= 4 is 22.7 Å². The van der Waals surface area contributed by atoms with Crippen LogP contribution in [0.4, 0.5) is 14.9 Å². The van der Waals surface area contributed by atoms with E-state index in [-0.39, 0.29) is 30.6 Å². The van der Waals surface area contributed by atoms with Crippen LogP contribution >= 0.6 is 0 Å². The molecule has 3 rings (SSSR count). The fourth-order valence-electron chi connectivity index (χ4n) is 4.26. The maximum atomic E-state index is 15.0. The van der Waals surface area contributed by atoms with Gasteiger partial charge in [0.1, 0.15) is 11.4 Å². The zero-order valence-corrected chi connectivity index (χ0v) is 20.2. The Balaban J connectivity index is 1.94. The molecule has 182 valence electrons. The lowest BCUT2D eigenvalue weighted by Gasteiger charge is -2.25. The largest absolute Gasteiger partial charge is 0.444 e. The number of carbonyl (C=O) groups is 1. The summed E-state index contributed by atoms with van der Waals surface area (Å²) >= 11 is 0. The van der Waals surface area contributed by atoms with E-state index < -0.39 is 28.8 Å². The number of halogens is 1. The van der Waals surface area contributed by atoms with Gasteiger partial charge in [-0.2, -0.15) is 0 Å². The molecule has 0 bridgehead atoms. The number of hydrogen-bond acceptors (Lipinski definition) is 5. The van der Waals surface area contributed by atoms with Crippen molar-refractivity contribution < 1.29 is 13.9 Å². The normalized spacial score (nSPS) is 15.1. The summed E-state index contributed by atoms with van der Waals surface area (Å²) in [5.41, 5.74) is -1.03. The number of fused-ring (bicyclic) bond motifs is 1. The van der Waals surface area contributed by atoms with Crippen LogP contribution in [0.15, 0.2) is 21.7 Å². The minimum absolute atomic E-state index is 0.0253. The minimum Gasteiger partial charge on any atom is -0.444 e. The zero-order valence-electron chi connectivity index (χ0n) is 20.2. The number of anilines is 1. The molecule has 1 heterocycles. The Hall–Kier alpha value is -2.84. The number of rotatable bonds is 6. The molecule has 2 N–H and O–H groups in total. The maximum Gasteiger partial charge on any atom is 0.407 e. The van der Waals surface area contributed by atoms with Gasteiger partial charge in [0.25, 0.3) is 5.56 Å². The van der Waals surface area contributed by atoms with E-state index in [9.17, 15) is 18.8 Å².